The number of carbonyl (C=O) groups excluding carboxylic acids is 3. The van der Waals surface area contributed by atoms with Crippen LogP contribution in [-0.2, 0) is 48.8 Å². The SMILES string of the molecule is CN(CCS(=O)(=O)O)C(=O)CCCCCCC(=O)OCC1Cn2cc(C(=O)NCc3ccc(Cl)cc3)c(=O)c3cc(CN4CCOCC4)cc(c32)O1.[NaH]. The van der Waals surface area contributed by atoms with Gasteiger partial charge in [0.25, 0.3) is 16.0 Å². The van der Waals surface area contributed by atoms with Crippen LogP contribution in [0.2, 0.25) is 5.02 Å². The first-order chi connectivity index (χ1) is 24.9. The molecule has 2 amide bonds. The number of esters is 1. The molecule has 5 rings (SSSR count). The summed E-state index contributed by atoms with van der Waals surface area (Å²) in [5, 5.41) is 3.80. The van der Waals surface area contributed by atoms with E-state index >= 15 is 0 Å². The van der Waals surface area contributed by atoms with Crippen LogP contribution in [0.25, 0.3) is 10.9 Å². The van der Waals surface area contributed by atoms with Gasteiger partial charge in [0.1, 0.15) is 17.9 Å². The molecule has 284 valence electrons. The first-order valence-corrected chi connectivity index (χ1v) is 19.4. The van der Waals surface area contributed by atoms with Gasteiger partial charge in [-0.15, -0.1) is 0 Å². The molecule has 2 aliphatic rings. The number of rotatable bonds is 17. The Hall–Kier alpha value is -3.02. The topological polar surface area (TPSA) is 174 Å². The van der Waals surface area contributed by atoms with Crippen LogP contribution in [0.1, 0.15) is 60.0 Å². The number of amides is 2. The minimum absolute atomic E-state index is 0. The molecule has 3 aromatic rings. The van der Waals surface area contributed by atoms with Gasteiger partial charge in [-0.25, -0.2) is 0 Å². The van der Waals surface area contributed by atoms with Gasteiger partial charge >= 0.3 is 35.5 Å². The fourth-order valence-electron chi connectivity index (χ4n) is 6.19. The molecule has 0 bridgehead atoms. The number of pyridine rings is 1. The van der Waals surface area contributed by atoms with Crippen LogP contribution in [-0.4, -0.2) is 133 Å². The average molecular weight is 785 g/mol. The van der Waals surface area contributed by atoms with E-state index in [0.717, 1.165) is 24.2 Å². The van der Waals surface area contributed by atoms with E-state index in [9.17, 15) is 27.6 Å². The van der Waals surface area contributed by atoms with Gasteiger partial charge in [0, 0.05) is 63.8 Å². The number of ether oxygens (including phenoxy) is 3. The molecule has 14 nitrogen and oxygen atoms in total. The van der Waals surface area contributed by atoms with E-state index in [-0.39, 0.29) is 86.1 Å². The van der Waals surface area contributed by atoms with Crippen molar-refractivity contribution in [3.63, 3.8) is 0 Å². The number of halogens is 1. The standard InChI is InChI=1S/C36H45ClN4O10S.Na.H/c1-39(14-17-52(46,47)48)32(42)6-4-2-3-5-7-33(43)50-24-28-22-41-23-30(36(45)38-20-25-8-10-27(37)11-9-25)35(44)29-18-26(19-31(51-28)34(29)41)21-40-12-15-49-16-13-40;;/h8-11,18-19,23,28H,2-7,12-17,20-22,24H2,1H3,(H,38,45)(H,46,47,48);;. The summed E-state index contributed by atoms with van der Waals surface area (Å²) in [6.45, 7) is 3.67. The maximum atomic E-state index is 13.8. The first-order valence-electron chi connectivity index (χ1n) is 17.4. The number of morpholine rings is 1. The summed E-state index contributed by atoms with van der Waals surface area (Å²) < 4.78 is 49.9. The van der Waals surface area contributed by atoms with Gasteiger partial charge in [0.05, 0.1) is 36.4 Å². The molecule has 17 heteroatoms. The van der Waals surface area contributed by atoms with Gasteiger partial charge < -0.3 is 29.0 Å². The molecule has 0 spiro atoms. The molecule has 53 heavy (non-hydrogen) atoms. The molecular weight excluding hydrogens is 739 g/mol. The minimum atomic E-state index is -4.13. The van der Waals surface area contributed by atoms with Crippen molar-refractivity contribution in [2.75, 3.05) is 52.3 Å². The van der Waals surface area contributed by atoms with Crippen molar-refractivity contribution in [2.45, 2.75) is 64.3 Å². The third-order valence-corrected chi connectivity index (χ3v) is 10.0. The van der Waals surface area contributed by atoms with Crippen LogP contribution in [0.3, 0.4) is 0 Å². The van der Waals surface area contributed by atoms with Crippen LogP contribution in [0.5, 0.6) is 5.75 Å². The number of nitrogens with zero attached hydrogens (tertiary/aromatic N) is 3. The van der Waals surface area contributed by atoms with Gasteiger partial charge in [-0.05, 0) is 48.2 Å². The molecule has 0 saturated carbocycles. The molecule has 2 aliphatic heterocycles. The Labute approximate surface area is 336 Å². The zero-order valence-corrected chi connectivity index (χ0v) is 30.8. The fourth-order valence-corrected chi connectivity index (χ4v) is 6.82. The van der Waals surface area contributed by atoms with E-state index in [0.29, 0.717) is 67.1 Å². The molecule has 0 radical (unpaired) electrons. The second kappa shape index (κ2) is 20.1. The quantitative estimate of drug-likeness (QED) is 0.0892. The van der Waals surface area contributed by atoms with E-state index in [1.807, 2.05) is 16.7 Å². The van der Waals surface area contributed by atoms with Crippen molar-refractivity contribution < 1.29 is 41.6 Å². The van der Waals surface area contributed by atoms with Gasteiger partial charge in [-0.2, -0.15) is 8.42 Å². The fraction of sp³-hybridized carbons (Fsp3) is 0.500. The van der Waals surface area contributed by atoms with Crippen LogP contribution >= 0.6 is 11.6 Å². The molecule has 1 aromatic heterocycles. The van der Waals surface area contributed by atoms with Crippen molar-refractivity contribution >= 4 is 80.0 Å². The summed E-state index contributed by atoms with van der Waals surface area (Å²) in [6.07, 6.45) is 3.98. The zero-order chi connectivity index (χ0) is 37.3. The number of hydrogen-bond donors (Lipinski definition) is 2. The predicted octanol–water partition coefficient (Wildman–Crippen LogP) is 2.76. The molecule has 1 unspecified atom stereocenters. The van der Waals surface area contributed by atoms with E-state index in [4.69, 9.17) is 30.4 Å². The monoisotopic (exact) mass is 784 g/mol. The maximum absolute atomic E-state index is 13.8. The molecular formula is C36H46ClN4NaO10S. The average Bonchev–Trinajstić information content (AvgIpc) is 3.12. The summed E-state index contributed by atoms with van der Waals surface area (Å²) >= 11 is 5.99. The van der Waals surface area contributed by atoms with Crippen LogP contribution in [0.4, 0.5) is 0 Å². The third kappa shape index (κ3) is 12.8. The van der Waals surface area contributed by atoms with Crippen molar-refractivity contribution in [1.82, 2.24) is 19.7 Å². The van der Waals surface area contributed by atoms with Gasteiger partial charge in [0.2, 0.25) is 11.3 Å². The molecule has 1 saturated heterocycles. The van der Waals surface area contributed by atoms with E-state index < -0.39 is 33.3 Å². The van der Waals surface area contributed by atoms with Gasteiger partial charge in [0.15, 0.2) is 6.10 Å². The van der Waals surface area contributed by atoms with Crippen LogP contribution < -0.4 is 15.5 Å². The Bertz CT molecular complexity index is 1920. The second-order valence-corrected chi connectivity index (χ2v) is 15.2. The molecule has 1 fully saturated rings. The number of nitrogens with one attached hydrogen (secondary N) is 1. The Kier molecular flexibility index (Phi) is 16.2. The van der Waals surface area contributed by atoms with Crippen molar-refractivity contribution in [1.29, 1.82) is 0 Å². The summed E-state index contributed by atoms with van der Waals surface area (Å²) in [7, 11) is -2.64. The van der Waals surface area contributed by atoms with E-state index in [1.54, 1.807) is 30.5 Å². The number of hydrogen-bond acceptors (Lipinski definition) is 10. The normalized spacial score (nSPS) is 15.6. The predicted molar refractivity (Wildman–Crippen MR) is 201 cm³/mol. The van der Waals surface area contributed by atoms with Crippen LogP contribution in [0, 0.1) is 0 Å². The number of carbonyl (C=O) groups is 3. The summed E-state index contributed by atoms with van der Waals surface area (Å²) in [4.78, 5) is 55.5. The first kappa shape index (κ1) is 42.7. The van der Waals surface area contributed by atoms with Gasteiger partial charge in [-0.3, -0.25) is 28.6 Å². The Balaban J connectivity index is 0.00000627. The van der Waals surface area contributed by atoms with E-state index in [2.05, 4.69) is 10.2 Å². The summed E-state index contributed by atoms with van der Waals surface area (Å²) in [5.74, 6) is -1.13. The molecule has 2 N–H and O–H groups in total. The Morgan fingerprint density at radius 3 is 2.43 bits per heavy atom. The summed E-state index contributed by atoms with van der Waals surface area (Å²) in [5.41, 5.74) is 1.87. The van der Waals surface area contributed by atoms with E-state index in [1.165, 1.54) is 11.9 Å². The molecule has 3 heterocycles. The van der Waals surface area contributed by atoms with Crippen molar-refractivity contribution in [2.24, 2.45) is 0 Å². The molecule has 1 atom stereocenters. The molecule has 2 aromatic carbocycles. The van der Waals surface area contributed by atoms with Crippen LogP contribution in [0.15, 0.2) is 47.4 Å². The van der Waals surface area contributed by atoms with Gasteiger partial charge in [-0.1, -0.05) is 36.6 Å². The summed E-state index contributed by atoms with van der Waals surface area (Å²) in [6, 6.07) is 10.8. The third-order valence-electron chi connectivity index (χ3n) is 9.07. The zero-order valence-electron chi connectivity index (χ0n) is 29.2. The van der Waals surface area contributed by atoms with Crippen molar-refractivity contribution in [3.8, 4) is 5.75 Å². The van der Waals surface area contributed by atoms with Crippen molar-refractivity contribution in [3.05, 3.63) is 74.5 Å². The molecule has 0 aliphatic carbocycles. The Morgan fingerprint density at radius 1 is 1.04 bits per heavy atom. The second-order valence-electron chi connectivity index (χ2n) is 13.2. The number of aromatic nitrogens is 1. The number of benzene rings is 2. The Morgan fingerprint density at radius 2 is 1.74 bits per heavy atom. The number of unbranched alkanes of at least 4 members (excludes halogenated alkanes) is 3.